The van der Waals surface area contributed by atoms with Gasteiger partial charge >= 0.3 is 0 Å². The molecule has 102 valence electrons. The molecule has 0 saturated carbocycles. The van der Waals surface area contributed by atoms with Gasteiger partial charge in [0.2, 0.25) is 0 Å². The SMILES string of the molecule is Cc1cc(C(Br)c2ccc(C)c3ccccc23)c(C)o1. The highest BCUT2D eigenvalue weighted by Crippen LogP contribution is 2.38. The molecule has 3 rings (SSSR count). The highest BCUT2D eigenvalue weighted by molar-refractivity contribution is 9.09. The maximum atomic E-state index is 5.66. The summed E-state index contributed by atoms with van der Waals surface area (Å²) in [6.07, 6.45) is 0. The fourth-order valence-corrected chi connectivity index (χ4v) is 3.62. The molecule has 1 nitrogen and oxygen atoms in total. The topological polar surface area (TPSA) is 13.1 Å². The Morgan fingerprint density at radius 3 is 2.25 bits per heavy atom. The van der Waals surface area contributed by atoms with Crippen LogP contribution in [0.2, 0.25) is 0 Å². The molecule has 0 bridgehead atoms. The number of halogens is 1. The molecule has 1 atom stereocenters. The number of alkyl halides is 1. The molecule has 0 N–H and O–H groups in total. The van der Waals surface area contributed by atoms with E-state index in [0.29, 0.717) is 0 Å². The molecular weight excluding hydrogens is 312 g/mol. The molecule has 0 spiro atoms. The Hall–Kier alpha value is -1.54. The van der Waals surface area contributed by atoms with Crippen LogP contribution in [-0.4, -0.2) is 0 Å². The number of rotatable bonds is 2. The summed E-state index contributed by atoms with van der Waals surface area (Å²) in [5.41, 5.74) is 3.80. The number of furan rings is 1. The van der Waals surface area contributed by atoms with Gasteiger partial charge < -0.3 is 4.42 Å². The summed E-state index contributed by atoms with van der Waals surface area (Å²) in [5, 5.41) is 2.61. The minimum Gasteiger partial charge on any atom is -0.466 e. The smallest absolute Gasteiger partial charge is 0.105 e. The largest absolute Gasteiger partial charge is 0.466 e. The van der Waals surface area contributed by atoms with Crippen LogP contribution in [0.25, 0.3) is 10.8 Å². The molecule has 1 heterocycles. The number of benzene rings is 2. The number of aryl methyl sites for hydroxylation is 3. The van der Waals surface area contributed by atoms with Crippen LogP contribution in [0.1, 0.15) is 33.0 Å². The zero-order chi connectivity index (χ0) is 14.3. The summed E-state index contributed by atoms with van der Waals surface area (Å²) in [5.74, 6) is 1.94. The normalized spacial score (nSPS) is 12.8. The van der Waals surface area contributed by atoms with Gasteiger partial charge in [0, 0.05) is 5.56 Å². The van der Waals surface area contributed by atoms with Crippen LogP contribution in [0.15, 0.2) is 46.9 Å². The van der Waals surface area contributed by atoms with Crippen LogP contribution in [0, 0.1) is 20.8 Å². The van der Waals surface area contributed by atoms with Crippen molar-refractivity contribution < 1.29 is 4.42 Å². The van der Waals surface area contributed by atoms with Crippen molar-refractivity contribution in [3.05, 3.63) is 70.7 Å². The Bertz CT molecular complexity index is 770. The van der Waals surface area contributed by atoms with Crippen LogP contribution in [0.3, 0.4) is 0 Å². The highest BCUT2D eigenvalue weighted by atomic mass is 79.9. The van der Waals surface area contributed by atoms with Gasteiger partial charge in [-0.15, -0.1) is 0 Å². The first-order valence-electron chi connectivity index (χ1n) is 6.77. The Balaban J connectivity index is 2.20. The van der Waals surface area contributed by atoms with Gasteiger partial charge in [0.15, 0.2) is 0 Å². The standard InChI is InChI=1S/C18H17BrO/c1-11-8-9-16(15-7-5-4-6-14(11)15)18(19)17-10-12(2)20-13(17)3/h4-10,18H,1-3H3. The van der Waals surface area contributed by atoms with Crippen molar-refractivity contribution in [3.63, 3.8) is 0 Å². The Labute approximate surface area is 127 Å². The van der Waals surface area contributed by atoms with E-state index in [1.54, 1.807) is 0 Å². The Kier molecular flexibility index (Phi) is 3.43. The zero-order valence-electron chi connectivity index (χ0n) is 11.9. The molecule has 0 radical (unpaired) electrons. The third-order valence-electron chi connectivity index (χ3n) is 3.80. The second kappa shape index (κ2) is 5.10. The van der Waals surface area contributed by atoms with E-state index in [2.05, 4.69) is 65.3 Å². The minimum atomic E-state index is 0.158. The van der Waals surface area contributed by atoms with E-state index in [9.17, 15) is 0 Å². The van der Waals surface area contributed by atoms with E-state index in [4.69, 9.17) is 4.42 Å². The number of fused-ring (bicyclic) bond motifs is 1. The highest BCUT2D eigenvalue weighted by Gasteiger charge is 2.18. The van der Waals surface area contributed by atoms with Crippen molar-refractivity contribution in [3.8, 4) is 0 Å². The first-order valence-corrected chi connectivity index (χ1v) is 7.68. The molecule has 3 aromatic rings. The number of hydrogen-bond donors (Lipinski definition) is 0. The first kappa shape index (κ1) is 13.4. The van der Waals surface area contributed by atoms with Gasteiger partial charge in [0.25, 0.3) is 0 Å². The van der Waals surface area contributed by atoms with E-state index in [-0.39, 0.29) is 4.83 Å². The molecule has 1 aromatic heterocycles. The molecular formula is C18H17BrO. The summed E-state index contributed by atoms with van der Waals surface area (Å²) in [4.78, 5) is 0.158. The summed E-state index contributed by atoms with van der Waals surface area (Å²) >= 11 is 3.84. The van der Waals surface area contributed by atoms with Gasteiger partial charge in [-0.25, -0.2) is 0 Å². The fourth-order valence-electron chi connectivity index (χ4n) is 2.76. The maximum absolute atomic E-state index is 5.66. The van der Waals surface area contributed by atoms with Crippen LogP contribution < -0.4 is 0 Å². The molecule has 2 aromatic carbocycles. The van der Waals surface area contributed by atoms with Gasteiger partial charge in [0.05, 0.1) is 4.83 Å². The molecule has 0 aliphatic rings. The summed E-state index contributed by atoms with van der Waals surface area (Å²) < 4.78 is 5.66. The van der Waals surface area contributed by atoms with Crippen LogP contribution >= 0.6 is 15.9 Å². The average molecular weight is 329 g/mol. The predicted octanol–water partition coefficient (Wildman–Crippen LogP) is 5.84. The molecule has 0 amide bonds. The minimum absolute atomic E-state index is 0.158. The molecule has 2 heteroatoms. The van der Waals surface area contributed by atoms with Crippen molar-refractivity contribution in [1.82, 2.24) is 0 Å². The molecule has 0 aliphatic carbocycles. The van der Waals surface area contributed by atoms with Crippen molar-refractivity contribution in [2.45, 2.75) is 25.6 Å². The second-order valence-corrected chi connectivity index (χ2v) is 6.16. The van der Waals surface area contributed by atoms with Gasteiger partial charge in [-0.3, -0.25) is 0 Å². The fraction of sp³-hybridized carbons (Fsp3) is 0.222. The van der Waals surface area contributed by atoms with Crippen molar-refractivity contribution >= 4 is 26.7 Å². The lowest BCUT2D eigenvalue weighted by Crippen LogP contribution is -1.95. The van der Waals surface area contributed by atoms with Gasteiger partial charge in [-0.1, -0.05) is 52.3 Å². The van der Waals surface area contributed by atoms with Crippen molar-refractivity contribution in [2.75, 3.05) is 0 Å². The van der Waals surface area contributed by atoms with Crippen LogP contribution in [0.5, 0.6) is 0 Å². The lowest BCUT2D eigenvalue weighted by molar-refractivity contribution is 0.502. The van der Waals surface area contributed by atoms with Crippen LogP contribution in [-0.2, 0) is 0 Å². The first-order chi connectivity index (χ1) is 9.58. The molecule has 0 fully saturated rings. The summed E-state index contributed by atoms with van der Waals surface area (Å²) in [7, 11) is 0. The van der Waals surface area contributed by atoms with E-state index < -0.39 is 0 Å². The number of hydrogen-bond acceptors (Lipinski definition) is 1. The van der Waals surface area contributed by atoms with E-state index in [1.807, 2.05) is 13.8 Å². The van der Waals surface area contributed by atoms with Crippen molar-refractivity contribution in [2.24, 2.45) is 0 Å². The summed E-state index contributed by atoms with van der Waals surface area (Å²) in [6, 6.07) is 15.1. The summed E-state index contributed by atoms with van der Waals surface area (Å²) in [6.45, 7) is 6.17. The van der Waals surface area contributed by atoms with E-state index >= 15 is 0 Å². The van der Waals surface area contributed by atoms with Gasteiger partial charge in [-0.2, -0.15) is 0 Å². The maximum Gasteiger partial charge on any atom is 0.105 e. The van der Waals surface area contributed by atoms with Crippen molar-refractivity contribution in [1.29, 1.82) is 0 Å². The quantitative estimate of drug-likeness (QED) is 0.538. The lowest BCUT2D eigenvalue weighted by atomic mass is 9.96. The lowest BCUT2D eigenvalue weighted by Gasteiger charge is -2.14. The van der Waals surface area contributed by atoms with E-state index in [0.717, 1.165) is 11.5 Å². The van der Waals surface area contributed by atoms with E-state index in [1.165, 1.54) is 27.5 Å². The molecule has 1 unspecified atom stereocenters. The molecule has 20 heavy (non-hydrogen) atoms. The zero-order valence-corrected chi connectivity index (χ0v) is 13.5. The second-order valence-electron chi connectivity index (χ2n) is 5.25. The predicted molar refractivity (Wildman–Crippen MR) is 87.6 cm³/mol. The third kappa shape index (κ3) is 2.18. The average Bonchev–Trinajstić information content (AvgIpc) is 2.78. The molecule has 0 aliphatic heterocycles. The molecule has 0 saturated heterocycles. The monoisotopic (exact) mass is 328 g/mol. The Morgan fingerprint density at radius 2 is 1.60 bits per heavy atom. The van der Waals surface area contributed by atoms with Gasteiger partial charge in [0.1, 0.15) is 11.5 Å². The Morgan fingerprint density at radius 1 is 0.900 bits per heavy atom. The van der Waals surface area contributed by atoms with Gasteiger partial charge in [-0.05, 0) is 48.7 Å². The third-order valence-corrected chi connectivity index (χ3v) is 4.79. The van der Waals surface area contributed by atoms with Crippen LogP contribution in [0.4, 0.5) is 0 Å².